The van der Waals surface area contributed by atoms with E-state index in [0.29, 0.717) is 25.1 Å². The van der Waals surface area contributed by atoms with Crippen molar-refractivity contribution in [2.75, 3.05) is 33.7 Å². The number of carbonyl (C=O) groups excluding carboxylic acids is 2. The Balaban J connectivity index is 1.29. The highest BCUT2D eigenvalue weighted by Gasteiger charge is 2.49. The number of amides is 2. The van der Waals surface area contributed by atoms with Gasteiger partial charge >= 0.3 is 0 Å². The number of hydrogen-bond donors (Lipinski definition) is 1. The quantitative estimate of drug-likeness (QED) is 0.677. The molecule has 1 aliphatic heterocycles. The van der Waals surface area contributed by atoms with Crippen LogP contribution in [0, 0.1) is 5.41 Å². The van der Waals surface area contributed by atoms with Gasteiger partial charge in [0.25, 0.3) is 5.91 Å². The number of carbonyl (C=O) groups is 2. The third-order valence-electron chi connectivity index (χ3n) is 7.42. The number of nitrogens with zero attached hydrogens (tertiary/aromatic N) is 4. The third kappa shape index (κ3) is 4.53. The Labute approximate surface area is 190 Å². The molecule has 2 amide bonds. The van der Waals surface area contributed by atoms with Crippen molar-refractivity contribution in [3.05, 3.63) is 60.2 Å². The van der Waals surface area contributed by atoms with Crippen molar-refractivity contribution in [1.82, 2.24) is 25.1 Å². The Hall–Kier alpha value is -2.80. The molecule has 1 aromatic carbocycles. The first kappa shape index (κ1) is 22.4. The van der Waals surface area contributed by atoms with Gasteiger partial charge in [-0.05, 0) is 57.2 Å². The lowest BCUT2D eigenvalue weighted by molar-refractivity contribution is -0.127. The molecule has 1 saturated heterocycles. The molecule has 1 aliphatic carbocycles. The van der Waals surface area contributed by atoms with Gasteiger partial charge in [-0.1, -0.05) is 30.3 Å². The van der Waals surface area contributed by atoms with Crippen LogP contribution in [0.1, 0.15) is 54.4 Å². The molecule has 32 heavy (non-hydrogen) atoms. The summed E-state index contributed by atoms with van der Waals surface area (Å²) in [6, 6.07) is 10.8. The summed E-state index contributed by atoms with van der Waals surface area (Å²) in [4.78, 5) is 37.0. The predicted octanol–water partition coefficient (Wildman–Crippen LogP) is 2.85. The summed E-state index contributed by atoms with van der Waals surface area (Å²) in [7, 11) is 4.35. The highest BCUT2D eigenvalue weighted by molar-refractivity contribution is 5.93. The van der Waals surface area contributed by atoms with E-state index < -0.39 is 0 Å². The van der Waals surface area contributed by atoms with Crippen molar-refractivity contribution in [1.29, 1.82) is 0 Å². The van der Waals surface area contributed by atoms with E-state index in [2.05, 4.69) is 64.6 Å². The molecule has 2 heterocycles. The van der Waals surface area contributed by atoms with Crippen LogP contribution in [0.2, 0.25) is 0 Å². The van der Waals surface area contributed by atoms with Crippen LogP contribution < -0.4 is 5.32 Å². The molecule has 1 saturated carbocycles. The number of nitrogens with one attached hydrogen (secondary N) is 1. The van der Waals surface area contributed by atoms with Crippen LogP contribution >= 0.6 is 0 Å². The van der Waals surface area contributed by atoms with Crippen molar-refractivity contribution in [3.8, 4) is 0 Å². The minimum atomic E-state index is -0.178. The summed E-state index contributed by atoms with van der Waals surface area (Å²) in [5.41, 5.74) is 1.97. The largest absolute Gasteiger partial charge is 0.352 e. The molecular weight excluding hydrogens is 402 g/mol. The number of hydrogen-bond acceptors (Lipinski definition) is 5. The third-order valence-corrected chi connectivity index (χ3v) is 7.42. The van der Waals surface area contributed by atoms with Gasteiger partial charge in [-0.3, -0.25) is 14.5 Å². The molecule has 2 fully saturated rings. The van der Waals surface area contributed by atoms with Crippen LogP contribution in [0.15, 0.2) is 49.1 Å². The summed E-state index contributed by atoms with van der Waals surface area (Å²) in [5, 5.41) is 2.89. The number of aromatic nitrogens is 2. The van der Waals surface area contributed by atoms with Crippen molar-refractivity contribution in [2.45, 2.75) is 44.1 Å². The molecule has 1 aromatic heterocycles. The molecule has 0 bridgehead atoms. The van der Waals surface area contributed by atoms with Crippen molar-refractivity contribution < 1.29 is 9.59 Å². The van der Waals surface area contributed by atoms with Gasteiger partial charge in [-0.15, -0.1) is 0 Å². The van der Waals surface area contributed by atoms with Crippen molar-refractivity contribution in [2.24, 2.45) is 5.41 Å². The summed E-state index contributed by atoms with van der Waals surface area (Å²) < 4.78 is 0. The molecule has 7 heteroatoms. The van der Waals surface area contributed by atoms with Gasteiger partial charge in [-0.2, -0.15) is 0 Å². The molecule has 4 rings (SSSR count). The maximum absolute atomic E-state index is 12.8. The SMILES string of the molecule is CN(C)C1(c2ccccc2)CCC2(CC1)CC(=O)N(CCCNC(=O)c1cncnc1)C2. The van der Waals surface area contributed by atoms with Crippen LogP contribution in [0.3, 0.4) is 0 Å². The average molecular weight is 436 g/mol. The van der Waals surface area contributed by atoms with Gasteiger partial charge in [0.05, 0.1) is 5.56 Å². The first-order chi connectivity index (χ1) is 15.4. The second-order valence-electron chi connectivity index (χ2n) is 9.52. The van der Waals surface area contributed by atoms with Gasteiger partial charge in [-0.25, -0.2) is 9.97 Å². The van der Waals surface area contributed by atoms with Crippen molar-refractivity contribution >= 4 is 11.8 Å². The average Bonchev–Trinajstić information content (AvgIpc) is 3.13. The minimum absolute atomic E-state index is 0.0500. The maximum Gasteiger partial charge on any atom is 0.254 e. The van der Waals surface area contributed by atoms with Gasteiger partial charge in [0, 0.05) is 44.0 Å². The van der Waals surface area contributed by atoms with E-state index in [1.165, 1.54) is 24.3 Å². The van der Waals surface area contributed by atoms with Crippen LogP contribution in [0.4, 0.5) is 0 Å². The van der Waals surface area contributed by atoms with E-state index in [1.54, 1.807) is 0 Å². The van der Waals surface area contributed by atoms with E-state index in [1.807, 2.05) is 4.90 Å². The molecule has 1 spiro atoms. The van der Waals surface area contributed by atoms with Gasteiger partial charge in [0.1, 0.15) is 6.33 Å². The molecule has 0 atom stereocenters. The fourth-order valence-electron chi connectivity index (χ4n) is 5.45. The van der Waals surface area contributed by atoms with Gasteiger partial charge in [0.2, 0.25) is 5.91 Å². The smallest absolute Gasteiger partial charge is 0.254 e. The standard InChI is InChI=1S/C25H33N5O2/c1-29(2)25(21-7-4-3-5-8-21)11-9-24(10-12-25)15-22(31)30(18-24)14-6-13-28-23(32)20-16-26-19-27-17-20/h3-5,7-8,16-17,19H,6,9-15,18H2,1-2H3,(H,28,32). The Morgan fingerprint density at radius 1 is 1.09 bits per heavy atom. The van der Waals surface area contributed by atoms with E-state index >= 15 is 0 Å². The molecule has 7 nitrogen and oxygen atoms in total. The molecule has 170 valence electrons. The van der Waals surface area contributed by atoms with Crippen LogP contribution in [-0.2, 0) is 10.3 Å². The predicted molar refractivity (Wildman–Crippen MR) is 123 cm³/mol. The summed E-state index contributed by atoms with van der Waals surface area (Å²) >= 11 is 0. The van der Waals surface area contributed by atoms with Crippen LogP contribution in [-0.4, -0.2) is 65.3 Å². The Morgan fingerprint density at radius 2 is 1.78 bits per heavy atom. The summed E-state index contributed by atoms with van der Waals surface area (Å²) in [6.07, 6.45) is 10.1. The monoisotopic (exact) mass is 435 g/mol. The summed E-state index contributed by atoms with van der Waals surface area (Å²) in [5.74, 6) is 0.0767. The van der Waals surface area contributed by atoms with E-state index in [4.69, 9.17) is 0 Å². The van der Waals surface area contributed by atoms with E-state index in [0.717, 1.165) is 38.6 Å². The fourth-order valence-corrected chi connectivity index (χ4v) is 5.45. The molecular formula is C25H33N5O2. The molecule has 2 aliphatic rings. The Kier molecular flexibility index (Phi) is 6.55. The maximum atomic E-state index is 12.8. The number of rotatable bonds is 7. The van der Waals surface area contributed by atoms with Crippen molar-refractivity contribution in [3.63, 3.8) is 0 Å². The van der Waals surface area contributed by atoms with Gasteiger partial charge in [0.15, 0.2) is 0 Å². The van der Waals surface area contributed by atoms with E-state index in [-0.39, 0.29) is 22.8 Å². The molecule has 1 N–H and O–H groups in total. The first-order valence-corrected chi connectivity index (χ1v) is 11.5. The highest BCUT2D eigenvalue weighted by atomic mass is 16.2. The lowest BCUT2D eigenvalue weighted by Crippen LogP contribution is -2.47. The normalized spacial score (nSPS) is 25.5. The Bertz CT molecular complexity index is 924. The van der Waals surface area contributed by atoms with E-state index in [9.17, 15) is 9.59 Å². The molecule has 0 unspecified atom stereocenters. The lowest BCUT2D eigenvalue weighted by Gasteiger charge is -2.48. The zero-order valence-electron chi connectivity index (χ0n) is 19.1. The van der Waals surface area contributed by atoms with Crippen LogP contribution in [0.5, 0.6) is 0 Å². The summed E-state index contributed by atoms with van der Waals surface area (Å²) in [6.45, 7) is 2.05. The van der Waals surface area contributed by atoms with Crippen LogP contribution in [0.25, 0.3) is 0 Å². The number of benzene rings is 1. The topological polar surface area (TPSA) is 78.4 Å². The highest BCUT2D eigenvalue weighted by Crippen LogP contribution is 2.52. The second-order valence-corrected chi connectivity index (χ2v) is 9.52. The minimum Gasteiger partial charge on any atom is -0.352 e. The second kappa shape index (κ2) is 9.36. The zero-order chi connectivity index (χ0) is 22.6. The lowest BCUT2D eigenvalue weighted by atomic mass is 9.64. The van der Waals surface area contributed by atoms with Gasteiger partial charge < -0.3 is 10.2 Å². The Morgan fingerprint density at radius 3 is 2.44 bits per heavy atom. The fraction of sp³-hybridized carbons (Fsp3) is 0.520. The number of likely N-dealkylation sites (tertiary alicyclic amines) is 1. The zero-order valence-corrected chi connectivity index (χ0v) is 19.1. The molecule has 2 aromatic rings. The first-order valence-electron chi connectivity index (χ1n) is 11.5. The molecule has 0 radical (unpaired) electrons.